The summed E-state index contributed by atoms with van der Waals surface area (Å²) in [4.78, 5) is 25.7. The van der Waals surface area contributed by atoms with Gasteiger partial charge in [-0.15, -0.1) is 5.10 Å². The molecule has 9 heteroatoms. The van der Waals surface area contributed by atoms with Gasteiger partial charge < -0.3 is 9.47 Å². The number of ketones is 1. The van der Waals surface area contributed by atoms with E-state index in [-0.39, 0.29) is 30.6 Å². The summed E-state index contributed by atoms with van der Waals surface area (Å²) in [6.45, 7) is 3.42. The van der Waals surface area contributed by atoms with Crippen LogP contribution in [0.25, 0.3) is 0 Å². The lowest BCUT2D eigenvalue weighted by atomic mass is 10.1. The van der Waals surface area contributed by atoms with Crippen molar-refractivity contribution in [2.45, 2.75) is 13.8 Å². The van der Waals surface area contributed by atoms with Crippen LogP contribution < -0.4 is 4.74 Å². The number of halogens is 1. The highest BCUT2D eigenvalue weighted by atomic mass is 35.5. The van der Waals surface area contributed by atoms with Crippen LogP contribution in [0.5, 0.6) is 5.88 Å². The summed E-state index contributed by atoms with van der Waals surface area (Å²) in [5.41, 5.74) is 2.11. The smallest absolute Gasteiger partial charge is 0.364 e. The molecule has 0 saturated carbocycles. The zero-order valence-electron chi connectivity index (χ0n) is 16.4. The second-order valence-corrected chi connectivity index (χ2v) is 6.61. The van der Waals surface area contributed by atoms with Gasteiger partial charge in [0.1, 0.15) is 0 Å². The Morgan fingerprint density at radius 1 is 1.17 bits per heavy atom. The SMILES string of the molecule is CCOC(=O)c1nnn(/N=C\c2ccccc2C)c1OCC(=O)c1ccc(Cl)cc1. The van der Waals surface area contributed by atoms with E-state index in [1.165, 1.54) is 0 Å². The molecule has 0 aliphatic rings. The molecule has 0 unspecified atom stereocenters. The maximum Gasteiger partial charge on any atom is 0.364 e. The molecule has 30 heavy (non-hydrogen) atoms. The molecule has 0 aliphatic carbocycles. The Morgan fingerprint density at radius 3 is 2.60 bits per heavy atom. The van der Waals surface area contributed by atoms with Gasteiger partial charge in [-0.05, 0) is 54.5 Å². The summed E-state index contributed by atoms with van der Waals surface area (Å²) in [5.74, 6) is -1.11. The summed E-state index contributed by atoms with van der Waals surface area (Å²) < 4.78 is 10.6. The number of carbonyl (C=O) groups is 2. The van der Waals surface area contributed by atoms with Gasteiger partial charge in [0, 0.05) is 10.6 Å². The lowest BCUT2D eigenvalue weighted by Crippen LogP contribution is -2.15. The molecule has 2 aromatic carbocycles. The van der Waals surface area contributed by atoms with Gasteiger partial charge in [-0.3, -0.25) is 4.79 Å². The van der Waals surface area contributed by atoms with E-state index < -0.39 is 5.97 Å². The number of benzene rings is 2. The Morgan fingerprint density at radius 2 is 1.90 bits per heavy atom. The summed E-state index contributed by atoms with van der Waals surface area (Å²) in [5, 5.41) is 12.4. The van der Waals surface area contributed by atoms with Crippen LogP contribution in [0.3, 0.4) is 0 Å². The zero-order valence-corrected chi connectivity index (χ0v) is 17.2. The highest BCUT2D eigenvalue weighted by Gasteiger charge is 2.24. The highest BCUT2D eigenvalue weighted by molar-refractivity contribution is 6.30. The summed E-state index contributed by atoms with van der Waals surface area (Å²) in [6, 6.07) is 14.0. The van der Waals surface area contributed by atoms with Crippen LogP contribution in [0, 0.1) is 6.92 Å². The fourth-order valence-electron chi connectivity index (χ4n) is 2.50. The van der Waals surface area contributed by atoms with Gasteiger partial charge in [0.25, 0.3) is 5.88 Å². The normalized spacial score (nSPS) is 10.9. The van der Waals surface area contributed by atoms with Gasteiger partial charge in [-0.25, -0.2) is 4.79 Å². The lowest BCUT2D eigenvalue weighted by molar-refractivity contribution is 0.0512. The van der Waals surface area contributed by atoms with Gasteiger partial charge in [-0.2, -0.15) is 5.10 Å². The second kappa shape index (κ2) is 9.80. The predicted molar refractivity (Wildman–Crippen MR) is 111 cm³/mol. The minimum Gasteiger partial charge on any atom is -0.466 e. The molecule has 0 spiro atoms. The largest absolute Gasteiger partial charge is 0.466 e. The number of aromatic nitrogens is 3. The van der Waals surface area contributed by atoms with E-state index in [4.69, 9.17) is 21.1 Å². The molecular formula is C21H19ClN4O4. The Labute approximate surface area is 178 Å². The first-order chi connectivity index (χ1) is 14.5. The van der Waals surface area contributed by atoms with E-state index in [1.54, 1.807) is 37.4 Å². The van der Waals surface area contributed by atoms with Crippen molar-refractivity contribution in [3.63, 3.8) is 0 Å². The number of Topliss-reactive ketones (excluding diaryl/α,β-unsaturated/α-hetero) is 1. The third kappa shape index (κ3) is 5.09. The Bertz CT molecular complexity index is 1080. The van der Waals surface area contributed by atoms with E-state index in [9.17, 15) is 9.59 Å². The second-order valence-electron chi connectivity index (χ2n) is 6.17. The number of esters is 1. The van der Waals surface area contributed by atoms with Crippen LogP contribution in [-0.4, -0.2) is 46.3 Å². The molecule has 1 heterocycles. The molecule has 0 radical (unpaired) electrons. The molecule has 154 valence electrons. The molecule has 0 fully saturated rings. The number of ether oxygens (including phenoxy) is 2. The van der Waals surface area contributed by atoms with Crippen molar-refractivity contribution in [3.8, 4) is 5.88 Å². The number of aryl methyl sites for hydroxylation is 1. The van der Waals surface area contributed by atoms with Gasteiger partial charge in [0.15, 0.2) is 12.4 Å². The first-order valence-electron chi connectivity index (χ1n) is 9.14. The lowest BCUT2D eigenvalue weighted by Gasteiger charge is -2.07. The molecule has 0 bridgehead atoms. The van der Waals surface area contributed by atoms with Crippen LogP contribution in [0.1, 0.15) is 38.9 Å². The number of hydrogen-bond acceptors (Lipinski definition) is 7. The average Bonchev–Trinajstić information content (AvgIpc) is 3.15. The number of nitrogens with zero attached hydrogens (tertiary/aromatic N) is 4. The van der Waals surface area contributed by atoms with E-state index in [0.717, 1.165) is 15.9 Å². The molecule has 8 nitrogen and oxygen atoms in total. The maximum atomic E-state index is 12.4. The molecule has 0 N–H and O–H groups in total. The maximum absolute atomic E-state index is 12.4. The molecule has 3 aromatic rings. The van der Waals surface area contributed by atoms with Crippen molar-refractivity contribution in [3.05, 3.63) is 75.9 Å². The van der Waals surface area contributed by atoms with Crippen molar-refractivity contribution >= 4 is 29.6 Å². The quantitative estimate of drug-likeness (QED) is 0.310. The first kappa shape index (κ1) is 21.2. The van der Waals surface area contributed by atoms with Gasteiger partial charge in [0.2, 0.25) is 5.69 Å². The Balaban J connectivity index is 1.85. The third-order valence-electron chi connectivity index (χ3n) is 4.08. The summed E-state index contributed by atoms with van der Waals surface area (Å²) >= 11 is 5.85. The Kier molecular flexibility index (Phi) is 6.92. The van der Waals surface area contributed by atoms with E-state index >= 15 is 0 Å². The molecule has 0 saturated heterocycles. The molecular weight excluding hydrogens is 408 g/mol. The minimum atomic E-state index is -0.719. The number of carbonyl (C=O) groups excluding carboxylic acids is 2. The molecule has 0 aliphatic heterocycles. The van der Waals surface area contributed by atoms with Crippen LogP contribution in [-0.2, 0) is 4.74 Å². The fraction of sp³-hybridized carbons (Fsp3) is 0.190. The van der Waals surface area contributed by atoms with Crippen LogP contribution in [0.15, 0.2) is 53.6 Å². The van der Waals surface area contributed by atoms with E-state index in [0.29, 0.717) is 10.6 Å². The van der Waals surface area contributed by atoms with Gasteiger partial charge in [0.05, 0.1) is 12.8 Å². The highest BCUT2D eigenvalue weighted by Crippen LogP contribution is 2.18. The van der Waals surface area contributed by atoms with Crippen molar-refractivity contribution in [2.24, 2.45) is 5.10 Å². The summed E-state index contributed by atoms with van der Waals surface area (Å²) in [6.07, 6.45) is 1.56. The molecule has 1 aromatic heterocycles. The van der Waals surface area contributed by atoms with E-state index in [1.807, 2.05) is 31.2 Å². The van der Waals surface area contributed by atoms with Gasteiger partial charge >= 0.3 is 5.97 Å². The monoisotopic (exact) mass is 426 g/mol. The van der Waals surface area contributed by atoms with Crippen LogP contribution in [0.4, 0.5) is 0 Å². The van der Waals surface area contributed by atoms with Crippen molar-refractivity contribution in [1.82, 2.24) is 15.1 Å². The number of hydrogen-bond donors (Lipinski definition) is 0. The van der Waals surface area contributed by atoms with Crippen molar-refractivity contribution in [1.29, 1.82) is 0 Å². The molecule has 0 amide bonds. The van der Waals surface area contributed by atoms with E-state index in [2.05, 4.69) is 15.4 Å². The third-order valence-corrected chi connectivity index (χ3v) is 4.34. The zero-order chi connectivity index (χ0) is 21.5. The topological polar surface area (TPSA) is 95.7 Å². The van der Waals surface area contributed by atoms with Crippen LogP contribution in [0.2, 0.25) is 5.02 Å². The predicted octanol–water partition coefficient (Wildman–Crippen LogP) is 3.56. The van der Waals surface area contributed by atoms with Crippen LogP contribution >= 0.6 is 11.6 Å². The number of rotatable bonds is 8. The standard InChI is InChI=1S/C21H19ClN4O4/c1-3-29-21(28)19-20(30-13-18(27)15-8-10-17(22)11-9-15)26(25-24-19)23-12-16-7-5-4-6-14(16)2/h4-12H,3,13H2,1-2H3/b23-12-. The first-order valence-corrected chi connectivity index (χ1v) is 9.51. The molecule has 3 rings (SSSR count). The van der Waals surface area contributed by atoms with Crippen molar-refractivity contribution < 1.29 is 19.1 Å². The van der Waals surface area contributed by atoms with Crippen molar-refractivity contribution in [2.75, 3.05) is 13.2 Å². The minimum absolute atomic E-state index is 0.0828. The Hall–Kier alpha value is -3.52. The molecule has 0 atom stereocenters. The average molecular weight is 427 g/mol. The summed E-state index contributed by atoms with van der Waals surface area (Å²) in [7, 11) is 0. The fourth-order valence-corrected chi connectivity index (χ4v) is 2.62. The van der Waals surface area contributed by atoms with Gasteiger partial charge in [-0.1, -0.05) is 40.7 Å².